The van der Waals surface area contributed by atoms with Crippen LogP contribution in [0.1, 0.15) is 68.6 Å². The van der Waals surface area contributed by atoms with E-state index >= 15 is 0 Å². The van der Waals surface area contributed by atoms with Crippen molar-refractivity contribution in [1.82, 2.24) is 9.80 Å². The molecule has 1 aromatic rings. The molecule has 2 heterocycles. The van der Waals surface area contributed by atoms with Crippen LogP contribution in [0, 0.1) is 0 Å². The van der Waals surface area contributed by atoms with Crippen molar-refractivity contribution in [1.29, 1.82) is 0 Å². The fraction of sp³-hybridized carbons (Fsp3) is 0.636. The zero-order valence-corrected chi connectivity index (χ0v) is 19.2. The lowest BCUT2D eigenvalue weighted by Crippen LogP contribution is -2.53. The van der Waals surface area contributed by atoms with E-state index in [9.17, 15) is 9.59 Å². The van der Waals surface area contributed by atoms with Gasteiger partial charge in [0.25, 0.3) is 5.91 Å². The second-order valence-electron chi connectivity index (χ2n) is 7.80. The Kier molecular flexibility index (Phi) is 7.86. The van der Waals surface area contributed by atoms with Crippen molar-refractivity contribution in [3.63, 3.8) is 0 Å². The molecule has 4 nitrogen and oxygen atoms in total. The summed E-state index contributed by atoms with van der Waals surface area (Å²) in [5, 5.41) is 0. The zero-order valence-electron chi connectivity index (χ0n) is 16.8. The first-order valence-electron chi connectivity index (χ1n) is 10.5. The molecule has 1 spiro atoms. The molecule has 0 radical (unpaired) electrons. The van der Waals surface area contributed by atoms with Crippen molar-refractivity contribution in [2.45, 2.75) is 63.2 Å². The third kappa shape index (κ3) is 5.12. The third-order valence-electron chi connectivity index (χ3n) is 5.91. The van der Waals surface area contributed by atoms with Gasteiger partial charge in [0.2, 0.25) is 5.91 Å². The normalized spacial score (nSPS) is 18.6. The van der Waals surface area contributed by atoms with Gasteiger partial charge >= 0.3 is 0 Å². The Labute approximate surface area is 181 Å². The van der Waals surface area contributed by atoms with Crippen LogP contribution in [-0.2, 0) is 4.79 Å². The van der Waals surface area contributed by atoms with E-state index in [0.717, 1.165) is 61.1 Å². The molecule has 0 saturated carbocycles. The smallest absolute Gasteiger partial charge is 0.254 e. The Hall–Kier alpha value is -1.01. The summed E-state index contributed by atoms with van der Waals surface area (Å²) in [6.07, 6.45) is 8.31. The maximum Gasteiger partial charge on any atom is 0.254 e. The van der Waals surface area contributed by atoms with Crippen LogP contribution in [0.5, 0.6) is 0 Å². The van der Waals surface area contributed by atoms with E-state index in [1.807, 2.05) is 40.9 Å². The Morgan fingerprint density at radius 2 is 1.71 bits per heavy atom. The number of hydrogen-bond donors (Lipinski definition) is 0. The lowest BCUT2D eigenvalue weighted by molar-refractivity contribution is -0.132. The minimum Gasteiger partial charge on any atom is -0.342 e. The number of likely N-dealkylation sites (tertiary alicyclic amines) is 1. The molecular formula is C22H31BrN2O2S. The highest BCUT2D eigenvalue weighted by Gasteiger charge is 2.46. The van der Waals surface area contributed by atoms with Crippen LogP contribution in [0.15, 0.2) is 28.7 Å². The van der Waals surface area contributed by atoms with E-state index < -0.39 is 0 Å². The third-order valence-corrected chi connectivity index (χ3v) is 7.99. The minimum absolute atomic E-state index is 0.119. The Balaban J connectivity index is 1.53. The molecule has 0 bridgehead atoms. The second kappa shape index (κ2) is 10.1. The van der Waals surface area contributed by atoms with Crippen molar-refractivity contribution in [2.75, 3.05) is 25.4 Å². The van der Waals surface area contributed by atoms with Crippen molar-refractivity contribution < 1.29 is 9.59 Å². The Bertz CT molecular complexity index is 672. The van der Waals surface area contributed by atoms with Gasteiger partial charge in [-0.1, -0.05) is 48.5 Å². The predicted octanol–water partition coefficient (Wildman–Crippen LogP) is 5.32. The first-order chi connectivity index (χ1) is 13.6. The average molecular weight is 467 g/mol. The van der Waals surface area contributed by atoms with E-state index in [2.05, 4.69) is 27.8 Å². The first-order valence-corrected chi connectivity index (χ1v) is 12.3. The van der Waals surface area contributed by atoms with Gasteiger partial charge in [0.15, 0.2) is 0 Å². The quantitative estimate of drug-likeness (QED) is 0.510. The monoisotopic (exact) mass is 466 g/mol. The van der Waals surface area contributed by atoms with Gasteiger partial charge in [-0.2, -0.15) is 0 Å². The summed E-state index contributed by atoms with van der Waals surface area (Å²) in [4.78, 5) is 29.6. The van der Waals surface area contributed by atoms with Gasteiger partial charge in [-0.15, -0.1) is 11.8 Å². The van der Waals surface area contributed by atoms with Crippen molar-refractivity contribution in [2.24, 2.45) is 0 Å². The summed E-state index contributed by atoms with van der Waals surface area (Å²) in [6.45, 7) is 4.54. The van der Waals surface area contributed by atoms with Gasteiger partial charge in [0.1, 0.15) is 0 Å². The van der Waals surface area contributed by atoms with Gasteiger partial charge in [-0.25, -0.2) is 0 Å². The van der Waals surface area contributed by atoms with Crippen LogP contribution in [-0.4, -0.2) is 51.9 Å². The largest absolute Gasteiger partial charge is 0.342 e. The molecule has 0 unspecified atom stereocenters. The standard InChI is InChI=1S/C22H31BrN2O2S/c1-2-3-4-5-6-7-20(26)24-14-12-22(13-15-24)25(16-17-28-22)21(27)18-8-10-19(23)11-9-18/h8-11H,2-7,12-17H2,1H3. The SMILES string of the molecule is CCCCCCCC(=O)N1CCC2(CC1)SCCN2C(=O)c1ccc(Br)cc1. The molecule has 3 rings (SSSR count). The fourth-order valence-corrected chi connectivity index (χ4v) is 5.92. The molecule has 2 amide bonds. The van der Waals surface area contributed by atoms with Gasteiger partial charge in [0, 0.05) is 41.8 Å². The lowest BCUT2D eigenvalue weighted by atomic mass is 10.00. The van der Waals surface area contributed by atoms with Crippen molar-refractivity contribution in [3.8, 4) is 0 Å². The fourth-order valence-electron chi connectivity index (χ4n) is 4.20. The highest BCUT2D eigenvalue weighted by molar-refractivity contribution is 9.10. The maximum absolute atomic E-state index is 13.1. The van der Waals surface area contributed by atoms with Crippen LogP contribution < -0.4 is 0 Å². The van der Waals surface area contributed by atoms with Crippen molar-refractivity contribution >= 4 is 39.5 Å². The molecule has 2 fully saturated rings. The molecule has 1 aromatic carbocycles. The molecule has 6 heteroatoms. The van der Waals surface area contributed by atoms with Crippen molar-refractivity contribution in [3.05, 3.63) is 34.3 Å². The zero-order chi connectivity index (χ0) is 20.0. The number of piperidine rings is 1. The van der Waals surface area contributed by atoms with E-state index in [1.165, 1.54) is 19.3 Å². The number of hydrogen-bond acceptors (Lipinski definition) is 3. The topological polar surface area (TPSA) is 40.6 Å². The molecular weight excluding hydrogens is 436 g/mol. The van der Waals surface area contributed by atoms with Gasteiger partial charge < -0.3 is 9.80 Å². The number of halogens is 1. The van der Waals surface area contributed by atoms with Gasteiger partial charge in [-0.05, 0) is 43.5 Å². The minimum atomic E-state index is -0.137. The molecule has 28 heavy (non-hydrogen) atoms. The molecule has 2 aliphatic heterocycles. The molecule has 0 atom stereocenters. The van der Waals surface area contributed by atoms with E-state index in [0.29, 0.717) is 12.3 Å². The predicted molar refractivity (Wildman–Crippen MR) is 120 cm³/mol. The highest BCUT2D eigenvalue weighted by atomic mass is 79.9. The summed E-state index contributed by atoms with van der Waals surface area (Å²) in [5.74, 6) is 1.39. The number of thioether (sulfide) groups is 1. The summed E-state index contributed by atoms with van der Waals surface area (Å²) in [5.41, 5.74) is 0.746. The number of carbonyl (C=O) groups is 2. The Morgan fingerprint density at radius 1 is 1.04 bits per heavy atom. The van der Waals surface area contributed by atoms with Gasteiger partial charge in [-0.3, -0.25) is 9.59 Å². The van der Waals surface area contributed by atoms with Crippen LogP contribution in [0.4, 0.5) is 0 Å². The summed E-state index contributed by atoms with van der Waals surface area (Å²) in [6, 6.07) is 7.62. The van der Waals surface area contributed by atoms with Crippen LogP contribution in [0.25, 0.3) is 0 Å². The number of amides is 2. The molecule has 2 aliphatic rings. The van der Waals surface area contributed by atoms with E-state index in [1.54, 1.807) is 0 Å². The number of unbranched alkanes of at least 4 members (excludes halogenated alkanes) is 4. The van der Waals surface area contributed by atoms with E-state index in [4.69, 9.17) is 0 Å². The molecule has 0 aromatic heterocycles. The summed E-state index contributed by atoms with van der Waals surface area (Å²) < 4.78 is 0.982. The highest BCUT2D eigenvalue weighted by Crippen LogP contribution is 2.44. The molecule has 0 N–H and O–H groups in total. The molecule has 0 aliphatic carbocycles. The van der Waals surface area contributed by atoms with Crippen LogP contribution in [0.3, 0.4) is 0 Å². The maximum atomic E-state index is 13.1. The average Bonchev–Trinajstić information content (AvgIpc) is 3.11. The van der Waals surface area contributed by atoms with Crippen LogP contribution >= 0.6 is 27.7 Å². The Morgan fingerprint density at radius 3 is 2.39 bits per heavy atom. The summed E-state index contributed by atoms with van der Waals surface area (Å²) in [7, 11) is 0. The number of carbonyl (C=O) groups excluding carboxylic acids is 2. The number of benzene rings is 1. The van der Waals surface area contributed by atoms with E-state index in [-0.39, 0.29) is 10.8 Å². The molecule has 154 valence electrons. The number of nitrogens with zero attached hydrogens (tertiary/aromatic N) is 2. The van der Waals surface area contributed by atoms with Crippen LogP contribution in [0.2, 0.25) is 0 Å². The molecule has 2 saturated heterocycles. The van der Waals surface area contributed by atoms with Gasteiger partial charge in [0.05, 0.1) is 4.87 Å². The first kappa shape index (κ1) is 21.7. The number of rotatable bonds is 7. The second-order valence-corrected chi connectivity index (χ2v) is 10.2. The lowest BCUT2D eigenvalue weighted by Gasteiger charge is -2.44. The summed E-state index contributed by atoms with van der Waals surface area (Å²) >= 11 is 5.33.